The molecule has 4 rings (SSSR count). The number of terminal acetylenes is 1. The van der Waals surface area contributed by atoms with Crippen LogP contribution in [0.1, 0.15) is 32.4 Å². The number of hydrogen-bond acceptors (Lipinski definition) is 4. The van der Waals surface area contributed by atoms with E-state index in [4.69, 9.17) is 11.2 Å². The van der Waals surface area contributed by atoms with Crippen LogP contribution in [0.4, 0.5) is 5.95 Å². The summed E-state index contributed by atoms with van der Waals surface area (Å²) in [6.07, 6.45) is 8.89. The Morgan fingerprint density at radius 3 is 2.65 bits per heavy atom. The van der Waals surface area contributed by atoms with Gasteiger partial charge in [0, 0.05) is 18.8 Å². The largest absolute Gasteiger partial charge is 0.375 e. The van der Waals surface area contributed by atoms with Crippen molar-refractivity contribution in [3.05, 3.63) is 42.2 Å². The fourth-order valence-corrected chi connectivity index (χ4v) is 2.72. The summed E-state index contributed by atoms with van der Waals surface area (Å²) >= 11 is 0. The van der Waals surface area contributed by atoms with Crippen molar-refractivity contribution in [3.63, 3.8) is 0 Å². The number of aromatic nitrogens is 2. The molecule has 2 heterocycles. The summed E-state index contributed by atoms with van der Waals surface area (Å²) in [5, 5.41) is 3.31. The topological polar surface area (TPSA) is 47.0 Å². The number of fused-ring (bicyclic) bond motifs is 1. The molecule has 118 valence electrons. The monoisotopic (exact) mass is 307 g/mol. The average molecular weight is 307 g/mol. The number of benzene rings is 1. The zero-order chi connectivity index (χ0) is 16.3. The summed E-state index contributed by atoms with van der Waals surface area (Å²) in [5.74, 6) is 3.11. The van der Waals surface area contributed by atoms with E-state index >= 15 is 0 Å². The third kappa shape index (κ3) is 4.30. The van der Waals surface area contributed by atoms with E-state index in [0.717, 1.165) is 19.4 Å². The molecule has 1 atom stereocenters. The van der Waals surface area contributed by atoms with Gasteiger partial charge in [-0.1, -0.05) is 24.1 Å². The smallest absolute Gasteiger partial charge is 0.224 e. The average Bonchev–Trinajstić information content (AvgIpc) is 3.13. The molecule has 1 aliphatic heterocycles. The first-order valence-corrected chi connectivity index (χ1v) is 7.86. The van der Waals surface area contributed by atoms with Gasteiger partial charge in [-0.05, 0) is 49.9 Å². The third-order valence-corrected chi connectivity index (χ3v) is 3.95. The Hall–Kier alpha value is -2.38. The molecule has 1 N–H and O–H groups in total. The Labute approximate surface area is 137 Å². The Morgan fingerprint density at radius 1 is 1.30 bits per heavy atom. The summed E-state index contributed by atoms with van der Waals surface area (Å²) in [5.41, 5.74) is 3.37. The number of ether oxygens (including phenoxy) is 1. The van der Waals surface area contributed by atoms with Crippen LogP contribution in [-0.4, -0.2) is 28.2 Å². The van der Waals surface area contributed by atoms with Crippen LogP contribution in [0.15, 0.2) is 36.5 Å². The van der Waals surface area contributed by atoms with Gasteiger partial charge in [0.05, 0.1) is 5.60 Å². The molecule has 1 aromatic rings. The maximum atomic E-state index is 5.66. The molecule has 0 saturated carbocycles. The quantitative estimate of drug-likeness (QED) is 0.736. The molecule has 2 aliphatic carbocycles. The maximum Gasteiger partial charge on any atom is 0.224 e. The predicted molar refractivity (Wildman–Crippen MR) is 92.1 cm³/mol. The molecule has 1 aromatic heterocycles. The molecule has 1 saturated heterocycles. The Kier molecular flexibility index (Phi) is 4.31. The van der Waals surface area contributed by atoms with E-state index in [1.807, 2.05) is 0 Å². The normalized spacial score (nSPS) is 19.8. The summed E-state index contributed by atoms with van der Waals surface area (Å²) in [6.45, 7) is 4.96. The van der Waals surface area contributed by atoms with Crippen LogP contribution in [0.3, 0.4) is 0 Å². The standard InChI is InChI=1S/C13H17N3O.C6H4/c1-4-10-5-7-14-12(15-10)16-11-6-8-17-13(2,3)9-11;1-2-5-4-6(5)3-1/h1,5,7,11H,6,8-9H2,2-3H3,(H,14,15,16);1-4H. The zero-order valence-electron chi connectivity index (χ0n) is 13.5. The van der Waals surface area contributed by atoms with Gasteiger partial charge in [0.1, 0.15) is 5.69 Å². The van der Waals surface area contributed by atoms with Gasteiger partial charge in [0.25, 0.3) is 0 Å². The molecular formula is C19H21N3O. The van der Waals surface area contributed by atoms with Gasteiger partial charge >= 0.3 is 0 Å². The van der Waals surface area contributed by atoms with Crippen molar-refractivity contribution in [2.24, 2.45) is 0 Å². The summed E-state index contributed by atoms with van der Waals surface area (Å²) in [6, 6.07) is 10.5. The summed E-state index contributed by atoms with van der Waals surface area (Å²) < 4.78 is 5.66. The first-order valence-electron chi connectivity index (χ1n) is 7.86. The van der Waals surface area contributed by atoms with Crippen LogP contribution in [0.5, 0.6) is 0 Å². The minimum atomic E-state index is -0.0837. The van der Waals surface area contributed by atoms with E-state index in [2.05, 4.69) is 59.3 Å². The molecule has 4 heteroatoms. The highest BCUT2D eigenvalue weighted by atomic mass is 16.5. The first kappa shape index (κ1) is 15.5. The minimum absolute atomic E-state index is 0.0837. The number of nitrogens with one attached hydrogen (secondary N) is 1. The van der Waals surface area contributed by atoms with Gasteiger partial charge in [0.15, 0.2) is 0 Å². The van der Waals surface area contributed by atoms with Crippen LogP contribution >= 0.6 is 0 Å². The highest BCUT2D eigenvalue weighted by Crippen LogP contribution is 2.32. The highest BCUT2D eigenvalue weighted by molar-refractivity contribution is 5.80. The predicted octanol–water partition coefficient (Wildman–Crippen LogP) is 3.49. The number of hydrogen-bond donors (Lipinski definition) is 1. The molecular weight excluding hydrogens is 286 g/mol. The van der Waals surface area contributed by atoms with Crippen molar-refractivity contribution in [1.29, 1.82) is 0 Å². The maximum absolute atomic E-state index is 5.66. The Morgan fingerprint density at radius 2 is 2.09 bits per heavy atom. The Bertz CT molecular complexity index is 716. The second-order valence-corrected chi connectivity index (χ2v) is 6.43. The molecule has 23 heavy (non-hydrogen) atoms. The van der Waals surface area contributed by atoms with Crippen LogP contribution < -0.4 is 5.32 Å². The number of nitrogens with zero attached hydrogens (tertiary/aromatic N) is 2. The van der Waals surface area contributed by atoms with Crippen LogP contribution in [0.25, 0.3) is 11.1 Å². The molecule has 0 bridgehead atoms. The highest BCUT2D eigenvalue weighted by Gasteiger charge is 2.29. The SMILES string of the molecule is C#Cc1ccnc(NC2CCOC(C)(C)C2)n1.c1cc2cc-2c1. The van der Waals surface area contributed by atoms with E-state index in [9.17, 15) is 0 Å². The Balaban J connectivity index is 0.000000213. The molecule has 0 aromatic carbocycles. The van der Waals surface area contributed by atoms with E-state index in [0.29, 0.717) is 17.7 Å². The van der Waals surface area contributed by atoms with Crippen molar-refractivity contribution in [1.82, 2.24) is 9.97 Å². The van der Waals surface area contributed by atoms with E-state index in [1.165, 1.54) is 11.1 Å². The van der Waals surface area contributed by atoms with Crippen LogP contribution in [-0.2, 0) is 4.74 Å². The lowest BCUT2D eigenvalue weighted by molar-refractivity contribution is -0.0553. The minimum Gasteiger partial charge on any atom is -0.375 e. The second-order valence-electron chi connectivity index (χ2n) is 6.43. The molecule has 1 unspecified atom stereocenters. The molecule has 3 aliphatic rings. The van der Waals surface area contributed by atoms with Gasteiger partial charge in [0.2, 0.25) is 5.95 Å². The number of rotatable bonds is 2. The molecule has 1 fully saturated rings. The van der Waals surface area contributed by atoms with E-state index < -0.39 is 0 Å². The second kappa shape index (κ2) is 6.39. The third-order valence-electron chi connectivity index (χ3n) is 3.95. The van der Waals surface area contributed by atoms with Gasteiger partial charge in [-0.15, -0.1) is 6.42 Å². The van der Waals surface area contributed by atoms with Gasteiger partial charge in [-0.3, -0.25) is 0 Å². The molecule has 0 amide bonds. The molecule has 4 nitrogen and oxygen atoms in total. The van der Waals surface area contributed by atoms with Crippen LogP contribution in [0.2, 0.25) is 0 Å². The lowest BCUT2D eigenvalue weighted by Gasteiger charge is -2.35. The van der Waals surface area contributed by atoms with E-state index in [-0.39, 0.29) is 5.60 Å². The lowest BCUT2D eigenvalue weighted by atomic mass is 9.94. The van der Waals surface area contributed by atoms with Gasteiger partial charge in [-0.2, -0.15) is 0 Å². The zero-order valence-corrected chi connectivity index (χ0v) is 13.5. The van der Waals surface area contributed by atoms with Crippen LogP contribution in [0, 0.1) is 12.3 Å². The fourth-order valence-electron chi connectivity index (χ4n) is 2.72. The molecule has 0 radical (unpaired) electrons. The van der Waals surface area contributed by atoms with Crippen molar-refractivity contribution in [2.45, 2.75) is 38.3 Å². The fraction of sp³-hybridized carbons (Fsp3) is 0.368. The molecule has 0 spiro atoms. The van der Waals surface area contributed by atoms with E-state index in [1.54, 1.807) is 12.3 Å². The van der Waals surface area contributed by atoms with Crippen molar-refractivity contribution in [2.75, 3.05) is 11.9 Å². The van der Waals surface area contributed by atoms with Gasteiger partial charge < -0.3 is 10.1 Å². The summed E-state index contributed by atoms with van der Waals surface area (Å²) in [7, 11) is 0. The summed E-state index contributed by atoms with van der Waals surface area (Å²) in [4.78, 5) is 8.40. The first-order chi connectivity index (χ1) is 11.1. The van der Waals surface area contributed by atoms with Crippen molar-refractivity contribution >= 4 is 5.95 Å². The van der Waals surface area contributed by atoms with Crippen molar-refractivity contribution in [3.8, 4) is 23.5 Å². The lowest BCUT2D eigenvalue weighted by Crippen LogP contribution is -2.40. The van der Waals surface area contributed by atoms with Gasteiger partial charge in [-0.25, -0.2) is 9.97 Å². The number of anilines is 1. The van der Waals surface area contributed by atoms with Crippen molar-refractivity contribution < 1.29 is 4.74 Å².